The highest BCUT2D eigenvalue weighted by Gasteiger charge is 2.46. The van der Waals surface area contributed by atoms with Crippen LogP contribution in [-0.4, -0.2) is 71.4 Å². The fourth-order valence-corrected chi connectivity index (χ4v) is 0.929. The van der Waals surface area contributed by atoms with Crippen LogP contribution in [0.3, 0.4) is 0 Å². The first-order chi connectivity index (χ1) is 6.21. The summed E-state index contributed by atoms with van der Waals surface area (Å²) in [6, 6.07) is 0. The Morgan fingerprint density at radius 3 is 1.50 bits per heavy atom. The highest BCUT2D eigenvalue weighted by Crippen LogP contribution is 2.22. The smallest absolute Gasteiger partial charge is 0.184 e. The molecule has 0 rings (SSSR count). The van der Waals surface area contributed by atoms with Crippen molar-refractivity contribution in [1.29, 1.82) is 0 Å². The molecule has 86 valence electrons. The van der Waals surface area contributed by atoms with Gasteiger partial charge in [-0.05, 0) is 0 Å². The fourth-order valence-electron chi connectivity index (χ4n) is 0.929. The third kappa shape index (κ3) is 3.12. The minimum atomic E-state index is -2.83. The van der Waals surface area contributed by atoms with E-state index in [1.165, 1.54) is 0 Å². The molecule has 0 bridgehead atoms. The van der Waals surface area contributed by atoms with Gasteiger partial charge in [0.15, 0.2) is 24.5 Å². The molecule has 0 saturated carbocycles. The van der Waals surface area contributed by atoms with E-state index in [1.54, 1.807) is 0 Å². The number of hydrogen-bond donors (Lipinski definition) is 8. The summed E-state index contributed by atoms with van der Waals surface area (Å²) < 4.78 is 0. The Bertz CT molecular complexity index is 169. The maximum atomic E-state index is 9.31. The van der Waals surface area contributed by atoms with Gasteiger partial charge in [0.05, 0.1) is 0 Å². The summed E-state index contributed by atoms with van der Waals surface area (Å²) in [5.41, 5.74) is -2.83. The average Bonchev–Trinajstić information content (AvgIpc) is 2.00. The van der Waals surface area contributed by atoms with Crippen molar-refractivity contribution in [3.8, 4) is 0 Å². The van der Waals surface area contributed by atoms with Crippen molar-refractivity contribution in [2.75, 3.05) is 0 Å². The molecule has 0 heterocycles. The molecule has 0 amide bonds. The van der Waals surface area contributed by atoms with Crippen LogP contribution in [0.5, 0.6) is 0 Å². The number of aliphatic hydroxyl groups is 8. The van der Waals surface area contributed by atoms with E-state index in [0.717, 1.165) is 0 Å². The van der Waals surface area contributed by atoms with Crippen molar-refractivity contribution in [1.82, 2.24) is 0 Å². The molecule has 2 unspecified atom stereocenters. The molecule has 2 atom stereocenters. The predicted molar refractivity (Wildman–Crippen MR) is 40.3 cm³/mol. The number of aliphatic hydroxyl groups excluding tert-OH is 4. The van der Waals surface area contributed by atoms with E-state index < -0.39 is 37.0 Å². The van der Waals surface area contributed by atoms with Crippen LogP contribution in [-0.2, 0) is 0 Å². The largest absolute Gasteiger partial charge is 0.385 e. The zero-order valence-corrected chi connectivity index (χ0v) is 7.09. The molecule has 14 heavy (non-hydrogen) atoms. The maximum Gasteiger partial charge on any atom is 0.184 e. The van der Waals surface area contributed by atoms with E-state index in [4.69, 9.17) is 35.7 Å². The summed E-state index contributed by atoms with van der Waals surface area (Å²) >= 11 is 0. The van der Waals surface area contributed by atoms with Gasteiger partial charge in [-0.2, -0.15) is 0 Å². The van der Waals surface area contributed by atoms with E-state index in [9.17, 15) is 5.11 Å². The van der Waals surface area contributed by atoms with Crippen LogP contribution in [0.4, 0.5) is 0 Å². The monoisotopic (exact) mass is 214 g/mol. The van der Waals surface area contributed by atoms with Crippen LogP contribution >= 0.6 is 0 Å². The Morgan fingerprint density at radius 2 is 1.29 bits per heavy atom. The van der Waals surface area contributed by atoms with Crippen molar-refractivity contribution < 1.29 is 40.9 Å². The molecule has 0 aromatic heterocycles. The Kier molecular flexibility index (Phi) is 4.84. The van der Waals surface area contributed by atoms with E-state index in [1.807, 2.05) is 0 Å². The molecule has 0 spiro atoms. The summed E-state index contributed by atoms with van der Waals surface area (Å²) in [6.07, 6.45) is -10.5. The zero-order valence-electron chi connectivity index (χ0n) is 7.09. The quantitative estimate of drug-likeness (QED) is 0.212. The van der Waals surface area contributed by atoms with Crippen LogP contribution in [0.15, 0.2) is 0 Å². The molecule has 0 aliphatic rings. The van der Waals surface area contributed by atoms with E-state index >= 15 is 0 Å². The van der Waals surface area contributed by atoms with Gasteiger partial charge in [0.2, 0.25) is 0 Å². The highest BCUT2D eigenvalue weighted by molar-refractivity contribution is 4.90. The average molecular weight is 214 g/mol. The van der Waals surface area contributed by atoms with Crippen LogP contribution in [0, 0.1) is 0 Å². The topological polar surface area (TPSA) is 162 Å². The van der Waals surface area contributed by atoms with Gasteiger partial charge in [-0.25, -0.2) is 0 Å². The Labute approximate surface area is 78.9 Å². The number of hydrogen-bond acceptors (Lipinski definition) is 8. The standard InChI is InChI=1S/C6H14O8/c7-2(8)1-6(14,5(12)13)3(9)4(10)11/h2-5,7-14H,1H2. The van der Waals surface area contributed by atoms with E-state index in [2.05, 4.69) is 0 Å². The van der Waals surface area contributed by atoms with E-state index in [-0.39, 0.29) is 0 Å². The minimum Gasteiger partial charge on any atom is -0.385 e. The molecule has 8 nitrogen and oxygen atoms in total. The van der Waals surface area contributed by atoms with Gasteiger partial charge in [0, 0.05) is 6.42 Å². The normalized spacial score (nSPS) is 19.1. The lowest BCUT2D eigenvalue weighted by atomic mass is 9.91. The van der Waals surface area contributed by atoms with Gasteiger partial charge in [0.1, 0.15) is 6.10 Å². The first-order valence-corrected chi connectivity index (χ1v) is 3.70. The first-order valence-electron chi connectivity index (χ1n) is 3.70. The van der Waals surface area contributed by atoms with Crippen LogP contribution < -0.4 is 0 Å². The molecule has 0 fully saturated rings. The molecule has 0 saturated heterocycles. The molecular weight excluding hydrogens is 200 g/mol. The molecule has 8 heteroatoms. The van der Waals surface area contributed by atoms with Crippen molar-refractivity contribution >= 4 is 0 Å². The first kappa shape index (κ1) is 13.7. The second kappa shape index (κ2) is 4.96. The maximum absolute atomic E-state index is 9.31. The fraction of sp³-hybridized carbons (Fsp3) is 1.00. The van der Waals surface area contributed by atoms with Crippen LogP contribution in [0.2, 0.25) is 0 Å². The van der Waals surface area contributed by atoms with Gasteiger partial charge in [-0.3, -0.25) is 0 Å². The van der Waals surface area contributed by atoms with Crippen molar-refractivity contribution in [2.24, 2.45) is 0 Å². The Morgan fingerprint density at radius 1 is 0.857 bits per heavy atom. The second-order valence-corrected chi connectivity index (χ2v) is 2.91. The Hall–Kier alpha value is -0.320. The van der Waals surface area contributed by atoms with Gasteiger partial charge in [-0.1, -0.05) is 0 Å². The molecular formula is C6H14O8. The highest BCUT2D eigenvalue weighted by atomic mass is 16.5. The number of rotatable bonds is 5. The van der Waals surface area contributed by atoms with Gasteiger partial charge >= 0.3 is 0 Å². The molecule has 0 radical (unpaired) electrons. The lowest BCUT2D eigenvalue weighted by molar-refractivity contribution is -0.283. The summed E-state index contributed by atoms with van der Waals surface area (Å²) in [5, 5.41) is 69.5. The summed E-state index contributed by atoms with van der Waals surface area (Å²) in [5.74, 6) is 0. The predicted octanol–water partition coefficient (Wildman–Crippen LogP) is -4.60. The molecule has 8 N–H and O–H groups in total. The van der Waals surface area contributed by atoms with E-state index in [0.29, 0.717) is 0 Å². The van der Waals surface area contributed by atoms with Crippen molar-refractivity contribution in [3.05, 3.63) is 0 Å². The van der Waals surface area contributed by atoms with Gasteiger partial charge in [-0.15, -0.1) is 0 Å². The third-order valence-electron chi connectivity index (χ3n) is 1.75. The van der Waals surface area contributed by atoms with Crippen molar-refractivity contribution in [2.45, 2.75) is 37.0 Å². The Balaban J connectivity index is 4.71. The molecule has 0 aliphatic carbocycles. The zero-order chi connectivity index (χ0) is 11.5. The summed E-state index contributed by atoms with van der Waals surface area (Å²) in [4.78, 5) is 0. The van der Waals surface area contributed by atoms with Crippen molar-refractivity contribution in [3.63, 3.8) is 0 Å². The molecule has 0 aromatic carbocycles. The molecule has 0 aromatic rings. The van der Waals surface area contributed by atoms with Crippen LogP contribution in [0.25, 0.3) is 0 Å². The second-order valence-electron chi connectivity index (χ2n) is 2.91. The minimum absolute atomic E-state index is 1.05. The van der Waals surface area contributed by atoms with Gasteiger partial charge in [0.25, 0.3) is 0 Å². The molecule has 0 aliphatic heterocycles. The third-order valence-corrected chi connectivity index (χ3v) is 1.75. The van der Waals surface area contributed by atoms with Crippen LogP contribution in [0.1, 0.15) is 6.42 Å². The SMILES string of the molecule is OC(O)CC(O)(C(O)O)C(O)C(O)O. The lowest BCUT2D eigenvalue weighted by Crippen LogP contribution is -2.58. The lowest BCUT2D eigenvalue weighted by Gasteiger charge is -2.35. The summed E-state index contributed by atoms with van der Waals surface area (Å²) in [6.45, 7) is 0. The summed E-state index contributed by atoms with van der Waals surface area (Å²) in [7, 11) is 0. The van der Waals surface area contributed by atoms with Gasteiger partial charge < -0.3 is 40.9 Å².